The lowest BCUT2D eigenvalue weighted by atomic mass is 9.89. The molecule has 4 rings (SSSR count). The van der Waals surface area contributed by atoms with Gasteiger partial charge in [0.05, 0.1) is 6.61 Å². The SMILES string of the molecule is c1cc2oc(C3CCCCC3)nc2cc1OCC1CO1. The molecule has 0 amide bonds. The molecular formula is C16H19NO3. The first-order valence-electron chi connectivity index (χ1n) is 7.53. The van der Waals surface area contributed by atoms with E-state index in [2.05, 4.69) is 4.98 Å². The van der Waals surface area contributed by atoms with Gasteiger partial charge in [0.15, 0.2) is 11.5 Å². The van der Waals surface area contributed by atoms with Crippen LogP contribution < -0.4 is 4.74 Å². The molecule has 1 aliphatic carbocycles. The molecule has 1 saturated heterocycles. The highest BCUT2D eigenvalue weighted by molar-refractivity contribution is 5.74. The first kappa shape index (κ1) is 12.2. The highest BCUT2D eigenvalue weighted by Crippen LogP contribution is 2.34. The van der Waals surface area contributed by atoms with E-state index in [4.69, 9.17) is 13.9 Å². The Morgan fingerprint density at radius 1 is 1.20 bits per heavy atom. The van der Waals surface area contributed by atoms with Crippen LogP contribution in [0.4, 0.5) is 0 Å². The van der Waals surface area contributed by atoms with Gasteiger partial charge in [0.1, 0.15) is 24.0 Å². The molecule has 1 saturated carbocycles. The zero-order valence-corrected chi connectivity index (χ0v) is 11.5. The summed E-state index contributed by atoms with van der Waals surface area (Å²) in [7, 11) is 0. The van der Waals surface area contributed by atoms with E-state index in [-0.39, 0.29) is 6.10 Å². The second kappa shape index (κ2) is 5.09. The Labute approximate surface area is 118 Å². The van der Waals surface area contributed by atoms with Gasteiger partial charge in [0.2, 0.25) is 0 Å². The van der Waals surface area contributed by atoms with Crippen molar-refractivity contribution >= 4 is 11.1 Å². The molecule has 0 bridgehead atoms. The van der Waals surface area contributed by atoms with E-state index in [0.717, 1.165) is 29.3 Å². The maximum Gasteiger partial charge on any atom is 0.198 e. The molecule has 4 nitrogen and oxygen atoms in total. The van der Waals surface area contributed by atoms with Crippen LogP contribution in [0.5, 0.6) is 5.75 Å². The summed E-state index contributed by atoms with van der Waals surface area (Å²) in [6, 6.07) is 5.87. The zero-order chi connectivity index (χ0) is 13.4. The van der Waals surface area contributed by atoms with Crippen molar-refractivity contribution in [3.05, 3.63) is 24.1 Å². The maximum absolute atomic E-state index is 5.91. The Bertz CT molecular complexity index is 597. The minimum Gasteiger partial charge on any atom is -0.491 e. The van der Waals surface area contributed by atoms with Gasteiger partial charge in [-0.05, 0) is 25.0 Å². The molecule has 2 aliphatic rings. The fourth-order valence-electron chi connectivity index (χ4n) is 2.89. The van der Waals surface area contributed by atoms with Crippen LogP contribution in [-0.2, 0) is 4.74 Å². The molecule has 2 heterocycles. The molecule has 2 aromatic rings. The summed E-state index contributed by atoms with van der Waals surface area (Å²) in [5.41, 5.74) is 1.76. The first-order chi connectivity index (χ1) is 9.88. The van der Waals surface area contributed by atoms with Gasteiger partial charge in [-0.2, -0.15) is 0 Å². The van der Waals surface area contributed by atoms with Gasteiger partial charge in [-0.1, -0.05) is 19.3 Å². The van der Waals surface area contributed by atoms with E-state index in [0.29, 0.717) is 12.5 Å². The smallest absolute Gasteiger partial charge is 0.198 e. The molecule has 1 unspecified atom stereocenters. The van der Waals surface area contributed by atoms with Crippen LogP contribution in [0.3, 0.4) is 0 Å². The lowest BCUT2D eigenvalue weighted by molar-refractivity contribution is 0.263. The number of oxazole rings is 1. The number of rotatable bonds is 4. The van der Waals surface area contributed by atoms with Crippen LogP contribution >= 0.6 is 0 Å². The van der Waals surface area contributed by atoms with Crippen molar-refractivity contribution in [2.75, 3.05) is 13.2 Å². The minimum absolute atomic E-state index is 0.279. The van der Waals surface area contributed by atoms with Crippen LogP contribution in [0.2, 0.25) is 0 Å². The predicted octanol–water partition coefficient (Wildman–Crippen LogP) is 3.65. The van der Waals surface area contributed by atoms with Gasteiger partial charge in [-0.3, -0.25) is 0 Å². The number of nitrogens with zero attached hydrogens (tertiary/aromatic N) is 1. The Morgan fingerprint density at radius 2 is 2.05 bits per heavy atom. The third kappa shape index (κ3) is 2.52. The highest BCUT2D eigenvalue weighted by Gasteiger charge is 2.23. The van der Waals surface area contributed by atoms with Crippen molar-refractivity contribution < 1.29 is 13.9 Å². The van der Waals surface area contributed by atoms with Crippen LogP contribution in [0.25, 0.3) is 11.1 Å². The molecule has 0 radical (unpaired) electrons. The Hall–Kier alpha value is -1.55. The summed E-state index contributed by atoms with van der Waals surface area (Å²) >= 11 is 0. The van der Waals surface area contributed by atoms with Crippen molar-refractivity contribution in [3.8, 4) is 5.75 Å². The van der Waals surface area contributed by atoms with E-state index in [9.17, 15) is 0 Å². The zero-order valence-electron chi connectivity index (χ0n) is 11.5. The molecule has 106 valence electrons. The fourth-order valence-corrected chi connectivity index (χ4v) is 2.89. The number of hydrogen-bond acceptors (Lipinski definition) is 4. The quantitative estimate of drug-likeness (QED) is 0.798. The summed E-state index contributed by atoms with van der Waals surface area (Å²) in [5.74, 6) is 2.25. The van der Waals surface area contributed by atoms with E-state index >= 15 is 0 Å². The molecule has 0 N–H and O–H groups in total. The Kier molecular flexibility index (Phi) is 3.11. The lowest BCUT2D eigenvalue weighted by Gasteiger charge is -2.17. The average Bonchev–Trinajstić information content (AvgIpc) is 3.23. The monoisotopic (exact) mass is 273 g/mol. The average molecular weight is 273 g/mol. The second-order valence-electron chi connectivity index (χ2n) is 5.78. The summed E-state index contributed by atoms with van der Waals surface area (Å²) in [5, 5.41) is 0. The van der Waals surface area contributed by atoms with Gasteiger partial charge < -0.3 is 13.9 Å². The third-order valence-electron chi connectivity index (χ3n) is 4.17. The van der Waals surface area contributed by atoms with Crippen molar-refractivity contribution in [1.82, 2.24) is 4.98 Å². The van der Waals surface area contributed by atoms with Crippen LogP contribution in [0.1, 0.15) is 43.9 Å². The lowest BCUT2D eigenvalue weighted by Crippen LogP contribution is -2.04. The van der Waals surface area contributed by atoms with Gasteiger partial charge in [0.25, 0.3) is 0 Å². The maximum atomic E-state index is 5.91. The number of epoxide rings is 1. The van der Waals surface area contributed by atoms with Crippen LogP contribution in [0.15, 0.2) is 22.6 Å². The molecule has 4 heteroatoms. The summed E-state index contributed by atoms with van der Waals surface area (Å²) in [6.07, 6.45) is 6.61. The van der Waals surface area contributed by atoms with Gasteiger partial charge in [-0.15, -0.1) is 0 Å². The largest absolute Gasteiger partial charge is 0.491 e. The molecular weight excluding hydrogens is 254 g/mol. The highest BCUT2D eigenvalue weighted by atomic mass is 16.6. The van der Waals surface area contributed by atoms with Gasteiger partial charge >= 0.3 is 0 Å². The number of fused-ring (bicyclic) bond motifs is 1. The standard InChI is InChI=1S/C16H19NO3/c1-2-4-11(5-3-1)16-17-14-8-12(6-7-15(14)20-16)18-9-13-10-19-13/h6-8,11,13H,1-5,9-10H2. The predicted molar refractivity (Wildman–Crippen MR) is 75.1 cm³/mol. The topological polar surface area (TPSA) is 47.8 Å². The summed E-state index contributed by atoms with van der Waals surface area (Å²) in [6.45, 7) is 1.44. The number of benzene rings is 1. The summed E-state index contributed by atoms with van der Waals surface area (Å²) < 4.78 is 16.7. The molecule has 0 spiro atoms. The van der Waals surface area contributed by atoms with Gasteiger partial charge in [0, 0.05) is 12.0 Å². The van der Waals surface area contributed by atoms with Crippen LogP contribution in [-0.4, -0.2) is 24.3 Å². The molecule has 2 fully saturated rings. The molecule has 1 aromatic heterocycles. The Morgan fingerprint density at radius 3 is 2.85 bits per heavy atom. The number of ether oxygens (including phenoxy) is 2. The second-order valence-corrected chi connectivity index (χ2v) is 5.78. The van der Waals surface area contributed by atoms with E-state index in [1.807, 2.05) is 18.2 Å². The molecule has 1 aromatic carbocycles. The van der Waals surface area contributed by atoms with Crippen molar-refractivity contribution in [2.45, 2.75) is 44.1 Å². The van der Waals surface area contributed by atoms with Gasteiger partial charge in [-0.25, -0.2) is 4.98 Å². The van der Waals surface area contributed by atoms with E-state index in [1.165, 1.54) is 32.1 Å². The molecule has 1 atom stereocenters. The van der Waals surface area contributed by atoms with Crippen molar-refractivity contribution in [3.63, 3.8) is 0 Å². The third-order valence-corrected chi connectivity index (χ3v) is 4.17. The minimum atomic E-state index is 0.279. The molecule has 1 aliphatic heterocycles. The number of hydrogen-bond donors (Lipinski definition) is 0. The number of aromatic nitrogens is 1. The first-order valence-corrected chi connectivity index (χ1v) is 7.53. The van der Waals surface area contributed by atoms with Crippen molar-refractivity contribution in [2.24, 2.45) is 0 Å². The summed E-state index contributed by atoms with van der Waals surface area (Å²) in [4.78, 5) is 4.66. The Balaban J connectivity index is 1.54. The van der Waals surface area contributed by atoms with Crippen molar-refractivity contribution in [1.29, 1.82) is 0 Å². The fraction of sp³-hybridized carbons (Fsp3) is 0.562. The van der Waals surface area contributed by atoms with E-state index < -0.39 is 0 Å². The van der Waals surface area contributed by atoms with Crippen LogP contribution in [0, 0.1) is 0 Å². The normalized spacial score (nSPS) is 23.1. The molecule has 20 heavy (non-hydrogen) atoms. The van der Waals surface area contributed by atoms with E-state index in [1.54, 1.807) is 0 Å².